The molecule has 0 saturated carbocycles. The highest BCUT2D eigenvalue weighted by Crippen LogP contribution is 2.30. The van der Waals surface area contributed by atoms with E-state index in [2.05, 4.69) is 5.32 Å². The monoisotopic (exact) mass is 454 g/mol. The number of carbonyl (C=O) groups is 2. The molecule has 7 heteroatoms. The zero-order valence-electron chi connectivity index (χ0n) is 18.8. The number of amides is 2. The lowest BCUT2D eigenvalue weighted by atomic mass is 10.2. The quantitative estimate of drug-likeness (QED) is 0.419. The van der Waals surface area contributed by atoms with Crippen LogP contribution in [0.25, 0.3) is 34.2 Å². The Morgan fingerprint density at radius 2 is 1.79 bits per heavy atom. The maximum absolute atomic E-state index is 12.4. The Balaban J connectivity index is 1.34. The van der Waals surface area contributed by atoms with Crippen LogP contribution in [0.5, 0.6) is 0 Å². The summed E-state index contributed by atoms with van der Waals surface area (Å²) in [6.45, 7) is 1.96. The van der Waals surface area contributed by atoms with E-state index >= 15 is 0 Å². The molecule has 0 spiro atoms. The van der Waals surface area contributed by atoms with E-state index in [-0.39, 0.29) is 11.8 Å². The minimum absolute atomic E-state index is 0.0955. The number of hydrogen-bond acceptors (Lipinski definition) is 4. The van der Waals surface area contributed by atoms with Crippen molar-refractivity contribution < 1.29 is 14.0 Å². The molecule has 7 nitrogen and oxygen atoms in total. The van der Waals surface area contributed by atoms with Crippen LogP contribution in [-0.4, -0.2) is 46.1 Å². The molecule has 0 radical (unpaired) electrons. The van der Waals surface area contributed by atoms with E-state index in [9.17, 15) is 9.59 Å². The molecule has 1 saturated heterocycles. The third-order valence-corrected chi connectivity index (χ3v) is 5.93. The van der Waals surface area contributed by atoms with Crippen molar-refractivity contribution in [2.24, 2.45) is 0 Å². The van der Waals surface area contributed by atoms with Crippen LogP contribution in [-0.2, 0) is 9.59 Å². The van der Waals surface area contributed by atoms with E-state index in [1.165, 1.54) is 6.08 Å². The number of para-hydroxylation sites is 2. The topological polar surface area (TPSA) is 80.4 Å². The third kappa shape index (κ3) is 4.78. The molecule has 1 aliphatic heterocycles. The molecule has 0 atom stereocenters. The van der Waals surface area contributed by atoms with Crippen molar-refractivity contribution in [3.63, 3.8) is 0 Å². The van der Waals surface area contributed by atoms with Crippen molar-refractivity contribution in [2.45, 2.75) is 19.3 Å². The van der Waals surface area contributed by atoms with Crippen molar-refractivity contribution in [3.05, 3.63) is 78.5 Å². The van der Waals surface area contributed by atoms with Crippen LogP contribution in [0.4, 0.5) is 0 Å². The maximum Gasteiger partial charge on any atom is 0.244 e. The fourth-order valence-corrected chi connectivity index (χ4v) is 4.15. The molecule has 2 amide bonds. The molecule has 0 aliphatic carbocycles. The summed E-state index contributed by atoms with van der Waals surface area (Å²) in [5.41, 5.74) is 3.09. The lowest BCUT2D eigenvalue weighted by molar-refractivity contribution is -0.130. The van der Waals surface area contributed by atoms with Gasteiger partial charge in [0.2, 0.25) is 11.8 Å². The van der Waals surface area contributed by atoms with Gasteiger partial charge in [-0.05, 0) is 43.2 Å². The number of rotatable bonds is 7. The number of likely N-dealkylation sites (tertiary alicyclic amines) is 1. The van der Waals surface area contributed by atoms with E-state index < -0.39 is 0 Å². The Morgan fingerprint density at radius 3 is 2.59 bits per heavy atom. The normalized spacial score (nSPS) is 13.7. The van der Waals surface area contributed by atoms with Crippen LogP contribution in [0.3, 0.4) is 0 Å². The number of benzene rings is 2. The van der Waals surface area contributed by atoms with Gasteiger partial charge in [0.05, 0.1) is 5.69 Å². The van der Waals surface area contributed by atoms with E-state index in [0.29, 0.717) is 24.4 Å². The van der Waals surface area contributed by atoms with E-state index in [0.717, 1.165) is 48.2 Å². The lowest BCUT2D eigenvalue weighted by Gasteiger charge is -2.14. The molecule has 0 unspecified atom stereocenters. The first-order valence-corrected chi connectivity index (χ1v) is 11.5. The molecule has 2 aromatic carbocycles. The summed E-state index contributed by atoms with van der Waals surface area (Å²) in [6.07, 6.45) is 7.51. The van der Waals surface area contributed by atoms with Crippen molar-refractivity contribution in [1.29, 1.82) is 0 Å². The highest BCUT2D eigenvalue weighted by atomic mass is 16.3. The minimum atomic E-state index is -0.253. The first-order chi connectivity index (χ1) is 16.7. The number of furan rings is 1. The van der Waals surface area contributed by atoms with Gasteiger partial charge in [0.1, 0.15) is 11.3 Å². The molecule has 5 rings (SSSR count). The molecule has 0 bridgehead atoms. The number of hydrogen-bond donors (Lipinski definition) is 1. The largest absolute Gasteiger partial charge is 0.454 e. The predicted octanol–water partition coefficient (Wildman–Crippen LogP) is 4.43. The number of carbonyl (C=O) groups excluding carboxylic acids is 2. The van der Waals surface area contributed by atoms with Gasteiger partial charge in [-0.15, -0.1) is 0 Å². The number of aromatic nitrogens is 2. The number of fused-ring (bicyclic) bond motifs is 1. The zero-order chi connectivity index (χ0) is 23.3. The molecule has 1 fully saturated rings. The zero-order valence-corrected chi connectivity index (χ0v) is 18.8. The minimum Gasteiger partial charge on any atom is -0.454 e. The predicted molar refractivity (Wildman–Crippen MR) is 131 cm³/mol. The Kier molecular flexibility index (Phi) is 6.25. The molecule has 3 heterocycles. The van der Waals surface area contributed by atoms with Gasteiger partial charge in [-0.25, -0.2) is 4.68 Å². The molecular formula is C27H26N4O3. The van der Waals surface area contributed by atoms with Crippen LogP contribution in [0, 0.1) is 0 Å². The van der Waals surface area contributed by atoms with Crippen LogP contribution in [0.15, 0.2) is 77.4 Å². The van der Waals surface area contributed by atoms with Crippen molar-refractivity contribution >= 4 is 28.9 Å². The van der Waals surface area contributed by atoms with Crippen LogP contribution < -0.4 is 5.32 Å². The second-order valence-electron chi connectivity index (χ2n) is 8.32. The summed E-state index contributed by atoms with van der Waals surface area (Å²) in [5.74, 6) is 0.475. The standard InChI is InChI=1S/C27H26N4O3/c32-25(28-15-14-26(33)30-16-6-7-17-30)13-12-21-19-31(22-9-2-1-3-10-22)29-27(21)24-18-20-8-4-5-11-23(20)34-24/h1-5,8-13,18-19H,6-7,14-17H2,(H,28,32)/b13-12+. The smallest absolute Gasteiger partial charge is 0.244 e. The van der Waals surface area contributed by atoms with Gasteiger partial charge in [-0.3, -0.25) is 9.59 Å². The molecule has 1 N–H and O–H groups in total. The summed E-state index contributed by atoms with van der Waals surface area (Å²) in [4.78, 5) is 26.4. The van der Waals surface area contributed by atoms with E-state index in [4.69, 9.17) is 9.52 Å². The fourth-order valence-electron chi connectivity index (χ4n) is 4.15. The second-order valence-corrected chi connectivity index (χ2v) is 8.32. The molecular weight excluding hydrogens is 428 g/mol. The Labute approximate surface area is 197 Å². The van der Waals surface area contributed by atoms with Gasteiger partial charge in [-0.1, -0.05) is 36.4 Å². The average Bonchev–Trinajstić information content (AvgIpc) is 3.62. The summed E-state index contributed by atoms with van der Waals surface area (Å²) in [5, 5.41) is 8.53. The van der Waals surface area contributed by atoms with Crippen molar-refractivity contribution in [3.8, 4) is 17.1 Å². The summed E-state index contributed by atoms with van der Waals surface area (Å²) in [6, 6.07) is 19.5. The molecule has 1 aliphatic rings. The summed E-state index contributed by atoms with van der Waals surface area (Å²) >= 11 is 0. The fraction of sp³-hybridized carbons (Fsp3) is 0.222. The van der Waals surface area contributed by atoms with Crippen LogP contribution >= 0.6 is 0 Å². The Bertz CT molecular complexity index is 1300. The molecule has 2 aromatic heterocycles. The van der Waals surface area contributed by atoms with Crippen molar-refractivity contribution in [2.75, 3.05) is 19.6 Å². The molecule has 34 heavy (non-hydrogen) atoms. The highest BCUT2D eigenvalue weighted by Gasteiger charge is 2.18. The Morgan fingerprint density at radius 1 is 1.03 bits per heavy atom. The van der Waals surface area contributed by atoms with Gasteiger partial charge in [0, 0.05) is 49.3 Å². The molecule has 172 valence electrons. The van der Waals surface area contributed by atoms with Gasteiger partial charge in [-0.2, -0.15) is 5.10 Å². The highest BCUT2D eigenvalue weighted by molar-refractivity contribution is 5.93. The summed E-state index contributed by atoms with van der Waals surface area (Å²) in [7, 11) is 0. The SMILES string of the molecule is O=C(/C=C/c1cn(-c2ccccc2)nc1-c1cc2ccccc2o1)NCCC(=O)N1CCCC1. The molecule has 4 aromatic rings. The first-order valence-electron chi connectivity index (χ1n) is 11.5. The summed E-state index contributed by atoms with van der Waals surface area (Å²) < 4.78 is 7.81. The first kappa shape index (κ1) is 21.7. The Hall–Kier alpha value is -4.13. The van der Waals surface area contributed by atoms with Gasteiger partial charge in [0.15, 0.2) is 5.76 Å². The second kappa shape index (κ2) is 9.79. The maximum atomic E-state index is 12.4. The lowest BCUT2D eigenvalue weighted by Crippen LogP contribution is -2.32. The average molecular weight is 455 g/mol. The third-order valence-electron chi connectivity index (χ3n) is 5.93. The number of nitrogens with one attached hydrogen (secondary N) is 1. The van der Waals surface area contributed by atoms with E-state index in [1.54, 1.807) is 10.8 Å². The van der Waals surface area contributed by atoms with Gasteiger partial charge in [0.25, 0.3) is 0 Å². The van der Waals surface area contributed by atoms with Crippen LogP contribution in [0.1, 0.15) is 24.8 Å². The van der Waals surface area contributed by atoms with Crippen molar-refractivity contribution in [1.82, 2.24) is 20.0 Å². The van der Waals surface area contributed by atoms with E-state index in [1.807, 2.05) is 71.8 Å². The van der Waals surface area contributed by atoms with Gasteiger partial charge < -0.3 is 14.6 Å². The van der Waals surface area contributed by atoms with Gasteiger partial charge >= 0.3 is 0 Å². The van der Waals surface area contributed by atoms with Crippen LogP contribution in [0.2, 0.25) is 0 Å². The number of nitrogens with zero attached hydrogens (tertiary/aromatic N) is 3.